The molecule has 2 heterocycles. The first kappa shape index (κ1) is 21.4. The summed E-state index contributed by atoms with van der Waals surface area (Å²) in [6, 6.07) is 8.68. The van der Waals surface area contributed by atoms with Crippen LogP contribution in [-0.4, -0.2) is 51.9 Å². The van der Waals surface area contributed by atoms with E-state index in [1.807, 2.05) is 20.2 Å². The van der Waals surface area contributed by atoms with Crippen LogP contribution in [0.25, 0.3) is 11.0 Å². The number of carbonyl (C=O) groups is 2. The molecule has 0 unspecified atom stereocenters. The summed E-state index contributed by atoms with van der Waals surface area (Å²) in [5, 5.41) is 5.81. The molecule has 1 aromatic carbocycles. The van der Waals surface area contributed by atoms with Crippen LogP contribution in [0, 0.1) is 0 Å². The van der Waals surface area contributed by atoms with Crippen LogP contribution >= 0.6 is 0 Å². The van der Waals surface area contributed by atoms with Gasteiger partial charge in [0.25, 0.3) is 11.5 Å². The Morgan fingerprint density at radius 2 is 2.00 bits per heavy atom. The summed E-state index contributed by atoms with van der Waals surface area (Å²) in [6.07, 6.45) is 3.09. The number of anilines is 1. The zero-order chi connectivity index (χ0) is 22.8. The minimum atomic E-state index is -0.565. The highest BCUT2D eigenvalue weighted by Crippen LogP contribution is 2.34. The van der Waals surface area contributed by atoms with E-state index in [-0.39, 0.29) is 36.0 Å². The molecule has 2 amide bonds. The van der Waals surface area contributed by atoms with Gasteiger partial charge in [-0.2, -0.15) is 0 Å². The van der Waals surface area contributed by atoms with E-state index in [1.54, 1.807) is 23.1 Å². The molecule has 166 valence electrons. The maximum Gasteiger partial charge on any atom is 0.330 e. The quantitative estimate of drug-likeness (QED) is 0.504. The van der Waals surface area contributed by atoms with E-state index >= 15 is 0 Å². The maximum absolute atomic E-state index is 12.6. The van der Waals surface area contributed by atoms with Crippen molar-refractivity contribution in [3.05, 3.63) is 68.5 Å². The molecular formula is C22H24N6O4. The lowest BCUT2D eigenvalue weighted by molar-refractivity contribution is -0.116. The second-order valence-electron chi connectivity index (χ2n) is 8.12. The van der Waals surface area contributed by atoms with Crippen LogP contribution in [0.15, 0.2) is 46.1 Å². The molecule has 4 rings (SSSR count). The zero-order valence-corrected chi connectivity index (χ0v) is 17.8. The smallest absolute Gasteiger partial charge is 0.330 e. The third kappa shape index (κ3) is 4.75. The van der Waals surface area contributed by atoms with Crippen molar-refractivity contribution in [2.75, 3.05) is 26.0 Å². The number of amides is 2. The number of H-pyrrole nitrogens is 1. The standard InChI is InChI=1S/C22H24N6O4/c1-27(2)12-18(29)25-15-5-3-4-13(8-15)10-24-20(30)14-9-17-19(23-11-14)28(16-6-7-16)22(32)26-21(17)31/h3-5,8-9,11,16H,6-7,10,12H2,1-2H3,(H,24,30)(H,25,29)(H,26,31,32). The van der Waals surface area contributed by atoms with Gasteiger partial charge in [0, 0.05) is 24.5 Å². The Hall–Kier alpha value is -3.79. The fourth-order valence-electron chi connectivity index (χ4n) is 3.46. The van der Waals surface area contributed by atoms with Crippen molar-refractivity contribution < 1.29 is 9.59 Å². The van der Waals surface area contributed by atoms with Gasteiger partial charge >= 0.3 is 5.69 Å². The molecule has 32 heavy (non-hydrogen) atoms. The summed E-state index contributed by atoms with van der Waals surface area (Å²) in [5.74, 6) is -0.529. The second kappa shape index (κ2) is 8.75. The van der Waals surface area contributed by atoms with Crippen LogP contribution in [0.3, 0.4) is 0 Å². The molecule has 1 aliphatic rings. The van der Waals surface area contributed by atoms with E-state index in [4.69, 9.17) is 0 Å². The van der Waals surface area contributed by atoms with E-state index in [0.717, 1.165) is 18.4 Å². The lowest BCUT2D eigenvalue weighted by atomic mass is 10.1. The topological polar surface area (TPSA) is 129 Å². The average Bonchev–Trinajstić information content (AvgIpc) is 3.56. The lowest BCUT2D eigenvalue weighted by Crippen LogP contribution is -2.31. The number of benzene rings is 1. The summed E-state index contributed by atoms with van der Waals surface area (Å²) in [4.78, 5) is 57.3. The molecular weight excluding hydrogens is 412 g/mol. The Morgan fingerprint density at radius 3 is 2.72 bits per heavy atom. The van der Waals surface area contributed by atoms with Gasteiger partial charge in [0.05, 0.1) is 17.5 Å². The number of nitrogens with zero attached hydrogens (tertiary/aromatic N) is 3. The van der Waals surface area contributed by atoms with Crippen molar-refractivity contribution in [2.45, 2.75) is 25.4 Å². The molecule has 0 aliphatic heterocycles. The first-order valence-corrected chi connectivity index (χ1v) is 10.3. The van der Waals surface area contributed by atoms with Gasteiger partial charge in [-0.05, 0) is 50.7 Å². The van der Waals surface area contributed by atoms with Crippen LogP contribution in [0.2, 0.25) is 0 Å². The van der Waals surface area contributed by atoms with E-state index in [1.165, 1.54) is 16.8 Å². The van der Waals surface area contributed by atoms with Gasteiger partial charge in [0.2, 0.25) is 5.91 Å². The molecule has 10 nitrogen and oxygen atoms in total. The van der Waals surface area contributed by atoms with Crippen LogP contribution in [0.4, 0.5) is 5.69 Å². The molecule has 0 atom stereocenters. The normalized spacial score (nSPS) is 13.3. The number of hydrogen-bond acceptors (Lipinski definition) is 6. The first-order chi connectivity index (χ1) is 15.3. The average molecular weight is 436 g/mol. The predicted molar refractivity (Wildman–Crippen MR) is 120 cm³/mol. The summed E-state index contributed by atoms with van der Waals surface area (Å²) in [7, 11) is 3.62. The largest absolute Gasteiger partial charge is 0.348 e. The minimum Gasteiger partial charge on any atom is -0.348 e. The number of nitrogens with one attached hydrogen (secondary N) is 3. The summed E-state index contributed by atoms with van der Waals surface area (Å²) < 4.78 is 1.48. The number of carbonyl (C=O) groups excluding carboxylic acids is 2. The fourth-order valence-corrected chi connectivity index (χ4v) is 3.46. The number of rotatable bonds is 7. The lowest BCUT2D eigenvalue weighted by Gasteiger charge is -2.12. The Kier molecular flexibility index (Phi) is 5.87. The Labute approximate surface area is 183 Å². The molecule has 0 saturated heterocycles. The molecule has 1 fully saturated rings. The molecule has 0 radical (unpaired) electrons. The van der Waals surface area contributed by atoms with Gasteiger partial charge in [-0.1, -0.05) is 12.1 Å². The van der Waals surface area contributed by atoms with Crippen molar-refractivity contribution in [1.82, 2.24) is 24.8 Å². The number of pyridine rings is 1. The van der Waals surface area contributed by atoms with Crippen molar-refractivity contribution in [1.29, 1.82) is 0 Å². The van der Waals surface area contributed by atoms with E-state index in [0.29, 0.717) is 11.3 Å². The monoisotopic (exact) mass is 436 g/mol. The maximum atomic E-state index is 12.6. The van der Waals surface area contributed by atoms with Crippen LogP contribution in [-0.2, 0) is 11.3 Å². The first-order valence-electron chi connectivity index (χ1n) is 10.3. The van der Waals surface area contributed by atoms with E-state index < -0.39 is 17.2 Å². The molecule has 1 saturated carbocycles. The number of aromatic amines is 1. The SMILES string of the molecule is CN(C)CC(=O)Nc1cccc(CNC(=O)c2cnc3c(c2)c(=O)[nH]c(=O)n3C2CC2)c1. The van der Waals surface area contributed by atoms with Crippen molar-refractivity contribution >= 4 is 28.5 Å². The summed E-state index contributed by atoms with van der Waals surface area (Å²) >= 11 is 0. The van der Waals surface area contributed by atoms with Gasteiger partial charge in [-0.15, -0.1) is 0 Å². The van der Waals surface area contributed by atoms with Gasteiger partial charge < -0.3 is 15.5 Å². The molecule has 10 heteroatoms. The van der Waals surface area contributed by atoms with Crippen molar-refractivity contribution in [3.63, 3.8) is 0 Å². The van der Waals surface area contributed by atoms with Gasteiger partial charge in [-0.3, -0.25) is 23.9 Å². The summed E-state index contributed by atoms with van der Waals surface area (Å²) in [6.45, 7) is 0.496. The second-order valence-corrected chi connectivity index (χ2v) is 8.12. The Bertz CT molecular complexity index is 1310. The molecule has 3 aromatic rings. The highest BCUT2D eigenvalue weighted by atomic mass is 16.2. The van der Waals surface area contributed by atoms with Crippen molar-refractivity contribution in [3.8, 4) is 0 Å². The van der Waals surface area contributed by atoms with Gasteiger partial charge in [-0.25, -0.2) is 9.78 Å². The van der Waals surface area contributed by atoms with Gasteiger partial charge in [0.15, 0.2) is 0 Å². The van der Waals surface area contributed by atoms with Crippen LogP contribution in [0.5, 0.6) is 0 Å². The zero-order valence-electron chi connectivity index (χ0n) is 17.8. The Morgan fingerprint density at radius 1 is 1.22 bits per heavy atom. The van der Waals surface area contributed by atoms with Gasteiger partial charge in [0.1, 0.15) is 5.65 Å². The van der Waals surface area contributed by atoms with Crippen molar-refractivity contribution in [2.24, 2.45) is 0 Å². The predicted octanol–water partition coefficient (Wildman–Crippen LogP) is 0.850. The third-order valence-electron chi connectivity index (χ3n) is 5.08. The molecule has 1 aliphatic carbocycles. The number of aromatic nitrogens is 3. The molecule has 0 bridgehead atoms. The Balaban J connectivity index is 1.48. The molecule has 3 N–H and O–H groups in total. The number of fused-ring (bicyclic) bond motifs is 1. The highest BCUT2D eigenvalue weighted by molar-refractivity contribution is 5.96. The molecule has 0 spiro atoms. The number of likely N-dealkylation sites (N-methyl/N-ethyl adjacent to an activating group) is 1. The van der Waals surface area contributed by atoms with E-state index in [9.17, 15) is 19.2 Å². The summed E-state index contributed by atoms with van der Waals surface area (Å²) in [5.41, 5.74) is 0.909. The highest BCUT2D eigenvalue weighted by Gasteiger charge is 2.27. The third-order valence-corrected chi connectivity index (χ3v) is 5.08. The van der Waals surface area contributed by atoms with Crippen LogP contribution in [0.1, 0.15) is 34.8 Å². The fraction of sp³-hybridized carbons (Fsp3) is 0.318. The number of hydrogen-bond donors (Lipinski definition) is 3. The van der Waals surface area contributed by atoms with Crippen LogP contribution < -0.4 is 21.9 Å². The minimum absolute atomic E-state index is 0.0412. The van der Waals surface area contributed by atoms with E-state index in [2.05, 4.69) is 20.6 Å². The molecule has 2 aromatic heterocycles.